The van der Waals surface area contributed by atoms with Gasteiger partial charge in [-0.1, -0.05) is 33.6 Å². The third kappa shape index (κ3) is 4.22. The van der Waals surface area contributed by atoms with Gasteiger partial charge in [0.15, 0.2) is 0 Å². The van der Waals surface area contributed by atoms with Crippen molar-refractivity contribution in [2.24, 2.45) is 5.73 Å². The van der Waals surface area contributed by atoms with Crippen molar-refractivity contribution in [1.29, 1.82) is 0 Å². The first kappa shape index (κ1) is 15.8. The van der Waals surface area contributed by atoms with Gasteiger partial charge >= 0.3 is 0 Å². The fourth-order valence-electron chi connectivity index (χ4n) is 1.80. The average Bonchev–Trinajstić information content (AvgIpc) is 2.34. The third-order valence-corrected chi connectivity index (χ3v) is 4.08. The summed E-state index contributed by atoms with van der Waals surface area (Å²) in [6.07, 6.45) is 0.794. The van der Waals surface area contributed by atoms with E-state index in [2.05, 4.69) is 31.9 Å². The number of benzene rings is 2. The first-order chi connectivity index (χ1) is 9.45. The molecule has 2 rings (SSSR count). The van der Waals surface area contributed by atoms with E-state index in [0.717, 1.165) is 26.7 Å². The highest BCUT2D eigenvalue weighted by molar-refractivity contribution is 9.11. The standard InChI is InChI=1S/C15H14Br2ClNO/c1-9(19)6-10-2-4-15(13(18)7-10)20-14-5-3-11(16)8-12(14)17/h2-5,7-9H,6,19H2,1H3. The molecule has 0 aromatic heterocycles. The molecular formula is C15H14Br2ClNO. The maximum Gasteiger partial charge on any atom is 0.146 e. The minimum Gasteiger partial charge on any atom is -0.455 e. The summed E-state index contributed by atoms with van der Waals surface area (Å²) in [6, 6.07) is 11.6. The minimum atomic E-state index is 0.110. The van der Waals surface area contributed by atoms with Gasteiger partial charge < -0.3 is 10.5 Å². The van der Waals surface area contributed by atoms with E-state index in [1.807, 2.05) is 43.3 Å². The van der Waals surface area contributed by atoms with E-state index < -0.39 is 0 Å². The Kier molecular flexibility index (Phi) is 5.49. The van der Waals surface area contributed by atoms with Crippen molar-refractivity contribution in [3.05, 3.63) is 55.9 Å². The van der Waals surface area contributed by atoms with Gasteiger partial charge in [-0.05, 0) is 65.2 Å². The number of ether oxygens (including phenoxy) is 1. The van der Waals surface area contributed by atoms with Crippen LogP contribution in [0.4, 0.5) is 0 Å². The molecule has 0 radical (unpaired) electrons. The summed E-state index contributed by atoms with van der Waals surface area (Å²) in [4.78, 5) is 0. The Labute approximate surface area is 140 Å². The molecule has 106 valence electrons. The molecule has 5 heteroatoms. The topological polar surface area (TPSA) is 35.2 Å². The summed E-state index contributed by atoms with van der Waals surface area (Å²) in [5.74, 6) is 1.35. The van der Waals surface area contributed by atoms with Crippen LogP contribution in [0.25, 0.3) is 0 Å². The quantitative estimate of drug-likeness (QED) is 0.705. The van der Waals surface area contributed by atoms with E-state index in [-0.39, 0.29) is 6.04 Å². The lowest BCUT2D eigenvalue weighted by atomic mass is 10.1. The number of halogens is 3. The van der Waals surface area contributed by atoms with Crippen molar-refractivity contribution in [3.63, 3.8) is 0 Å². The third-order valence-electron chi connectivity index (χ3n) is 2.67. The second kappa shape index (κ2) is 6.94. The molecule has 0 aliphatic heterocycles. The number of hydrogen-bond acceptors (Lipinski definition) is 2. The predicted octanol–water partition coefficient (Wildman–Crippen LogP) is 5.55. The normalized spacial score (nSPS) is 12.2. The van der Waals surface area contributed by atoms with Gasteiger partial charge in [-0.15, -0.1) is 0 Å². The Morgan fingerprint density at radius 2 is 1.85 bits per heavy atom. The van der Waals surface area contributed by atoms with Gasteiger partial charge in [0.2, 0.25) is 0 Å². The van der Waals surface area contributed by atoms with Crippen LogP contribution in [0.1, 0.15) is 12.5 Å². The van der Waals surface area contributed by atoms with Gasteiger partial charge in [-0.2, -0.15) is 0 Å². The van der Waals surface area contributed by atoms with Crippen LogP contribution in [0.5, 0.6) is 11.5 Å². The van der Waals surface area contributed by atoms with Crippen LogP contribution in [0, 0.1) is 0 Å². The van der Waals surface area contributed by atoms with E-state index in [0.29, 0.717) is 10.8 Å². The van der Waals surface area contributed by atoms with Crippen LogP contribution >= 0.6 is 43.5 Å². The second-order valence-corrected chi connectivity index (χ2v) is 6.80. The predicted molar refractivity (Wildman–Crippen MR) is 90.7 cm³/mol. The van der Waals surface area contributed by atoms with Crippen LogP contribution in [-0.2, 0) is 6.42 Å². The minimum absolute atomic E-state index is 0.110. The molecule has 2 nitrogen and oxygen atoms in total. The second-order valence-electron chi connectivity index (χ2n) is 4.62. The maximum absolute atomic E-state index is 6.26. The molecule has 0 bridgehead atoms. The van der Waals surface area contributed by atoms with Crippen molar-refractivity contribution in [2.45, 2.75) is 19.4 Å². The SMILES string of the molecule is CC(N)Cc1ccc(Oc2ccc(Br)cc2Br)c(Cl)c1. The Hall–Kier alpha value is -0.550. The molecule has 0 spiro atoms. The molecule has 0 saturated carbocycles. The van der Waals surface area contributed by atoms with Gasteiger partial charge in [0.25, 0.3) is 0 Å². The summed E-state index contributed by atoms with van der Waals surface area (Å²) in [5.41, 5.74) is 6.89. The van der Waals surface area contributed by atoms with Crippen molar-refractivity contribution in [1.82, 2.24) is 0 Å². The average molecular weight is 420 g/mol. The zero-order valence-corrected chi connectivity index (χ0v) is 14.8. The fraction of sp³-hybridized carbons (Fsp3) is 0.200. The van der Waals surface area contributed by atoms with Crippen LogP contribution in [0.2, 0.25) is 5.02 Å². The number of hydrogen-bond donors (Lipinski definition) is 1. The van der Waals surface area contributed by atoms with Gasteiger partial charge in [0, 0.05) is 10.5 Å². The van der Waals surface area contributed by atoms with Gasteiger partial charge in [-0.25, -0.2) is 0 Å². The van der Waals surface area contributed by atoms with Gasteiger partial charge in [-0.3, -0.25) is 0 Å². The molecule has 0 saturated heterocycles. The number of nitrogens with two attached hydrogens (primary N) is 1. The molecule has 0 aliphatic rings. The zero-order chi connectivity index (χ0) is 14.7. The summed E-state index contributed by atoms with van der Waals surface area (Å²) >= 11 is 13.1. The van der Waals surface area contributed by atoms with E-state index >= 15 is 0 Å². The smallest absolute Gasteiger partial charge is 0.146 e. The molecule has 1 unspecified atom stereocenters. The molecule has 1 atom stereocenters. The lowest BCUT2D eigenvalue weighted by molar-refractivity contribution is 0.479. The van der Waals surface area contributed by atoms with E-state index in [1.54, 1.807) is 0 Å². The highest BCUT2D eigenvalue weighted by atomic mass is 79.9. The lowest BCUT2D eigenvalue weighted by Gasteiger charge is -2.11. The van der Waals surface area contributed by atoms with E-state index in [4.69, 9.17) is 22.1 Å². The molecule has 20 heavy (non-hydrogen) atoms. The molecule has 2 aromatic carbocycles. The Balaban J connectivity index is 2.21. The molecule has 0 amide bonds. The molecule has 0 fully saturated rings. The highest BCUT2D eigenvalue weighted by Crippen LogP contribution is 2.35. The first-order valence-electron chi connectivity index (χ1n) is 6.12. The molecular weight excluding hydrogens is 405 g/mol. The Morgan fingerprint density at radius 1 is 1.15 bits per heavy atom. The highest BCUT2D eigenvalue weighted by Gasteiger charge is 2.08. The van der Waals surface area contributed by atoms with E-state index in [1.165, 1.54) is 0 Å². The van der Waals surface area contributed by atoms with Crippen LogP contribution in [0.15, 0.2) is 45.3 Å². The molecule has 0 aliphatic carbocycles. The van der Waals surface area contributed by atoms with Crippen LogP contribution in [-0.4, -0.2) is 6.04 Å². The van der Waals surface area contributed by atoms with Gasteiger partial charge in [0.05, 0.1) is 9.50 Å². The van der Waals surface area contributed by atoms with Crippen LogP contribution in [0.3, 0.4) is 0 Å². The lowest BCUT2D eigenvalue weighted by Crippen LogP contribution is -2.17. The molecule has 2 N–H and O–H groups in total. The number of rotatable bonds is 4. The van der Waals surface area contributed by atoms with Crippen LogP contribution < -0.4 is 10.5 Å². The Bertz CT molecular complexity index is 617. The summed E-state index contributed by atoms with van der Waals surface area (Å²) in [6.45, 7) is 1.97. The van der Waals surface area contributed by atoms with Gasteiger partial charge in [0.1, 0.15) is 11.5 Å². The maximum atomic E-state index is 6.26. The van der Waals surface area contributed by atoms with Crippen molar-refractivity contribution in [2.75, 3.05) is 0 Å². The first-order valence-corrected chi connectivity index (χ1v) is 8.09. The monoisotopic (exact) mass is 417 g/mol. The van der Waals surface area contributed by atoms with Crippen molar-refractivity contribution < 1.29 is 4.74 Å². The largest absolute Gasteiger partial charge is 0.455 e. The molecule has 2 aromatic rings. The summed E-state index contributed by atoms with van der Waals surface area (Å²) in [5, 5.41) is 0.581. The molecule has 0 heterocycles. The summed E-state index contributed by atoms with van der Waals surface area (Å²) < 4.78 is 7.67. The summed E-state index contributed by atoms with van der Waals surface area (Å²) in [7, 11) is 0. The Morgan fingerprint density at radius 3 is 2.45 bits per heavy atom. The fourth-order valence-corrected chi connectivity index (χ4v) is 3.17. The van der Waals surface area contributed by atoms with E-state index in [9.17, 15) is 0 Å². The zero-order valence-electron chi connectivity index (χ0n) is 10.9. The van der Waals surface area contributed by atoms with Crippen molar-refractivity contribution >= 4 is 43.5 Å². The van der Waals surface area contributed by atoms with Crippen molar-refractivity contribution in [3.8, 4) is 11.5 Å².